The Morgan fingerprint density at radius 3 is 2.53 bits per heavy atom. The zero-order valence-electron chi connectivity index (χ0n) is 11.1. The number of amides is 1. The van der Waals surface area contributed by atoms with Crippen molar-refractivity contribution in [3.8, 4) is 0 Å². The number of rotatable bonds is 2. The van der Waals surface area contributed by atoms with Crippen molar-refractivity contribution in [1.82, 2.24) is 19.2 Å². The molecule has 0 spiro atoms. The Morgan fingerprint density at radius 1 is 1.26 bits per heavy atom. The van der Waals surface area contributed by atoms with Crippen molar-refractivity contribution in [2.24, 2.45) is 7.05 Å². The van der Waals surface area contributed by atoms with Crippen LogP contribution in [0.25, 0.3) is 0 Å². The van der Waals surface area contributed by atoms with Crippen molar-refractivity contribution in [2.45, 2.75) is 18.9 Å². The lowest BCUT2D eigenvalue weighted by molar-refractivity contribution is 0.0694. The molecule has 2 aromatic heterocycles. The molecule has 2 aromatic rings. The third-order valence-corrected chi connectivity index (χ3v) is 3.75. The van der Waals surface area contributed by atoms with Crippen molar-refractivity contribution in [3.63, 3.8) is 0 Å². The summed E-state index contributed by atoms with van der Waals surface area (Å²) in [5.74, 6) is 0.0963. The molecule has 1 aliphatic rings. The van der Waals surface area contributed by atoms with Crippen LogP contribution in [0.4, 0.5) is 0 Å². The van der Waals surface area contributed by atoms with E-state index in [4.69, 9.17) is 0 Å². The minimum Gasteiger partial charge on any atom is -0.351 e. The van der Waals surface area contributed by atoms with Gasteiger partial charge in [0.25, 0.3) is 5.91 Å². The van der Waals surface area contributed by atoms with E-state index in [-0.39, 0.29) is 5.91 Å². The highest BCUT2D eigenvalue weighted by atomic mass is 16.2. The van der Waals surface area contributed by atoms with Gasteiger partial charge in [0.1, 0.15) is 0 Å². The smallest absolute Gasteiger partial charge is 0.257 e. The number of hydrogen-bond acceptors (Lipinski definition) is 2. The highest BCUT2D eigenvalue weighted by Gasteiger charge is 2.24. The van der Waals surface area contributed by atoms with Gasteiger partial charge in [0.15, 0.2) is 0 Å². The first-order valence-corrected chi connectivity index (χ1v) is 6.64. The minimum absolute atomic E-state index is 0.0963. The minimum atomic E-state index is 0.0963. The maximum absolute atomic E-state index is 12.3. The average Bonchev–Trinajstić information content (AvgIpc) is 3.09. The van der Waals surface area contributed by atoms with Crippen molar-refractivity contribution in [3.05, 3.63) is 42.5 Å². The topological polar surface area (TPSA) is 43.1 Å². The summed E-state index contributed by atoms with van der Waals surface area (Å²) in [6.07, 6.45) is 9.65. The summed E-state index contributed by atoms with van der Waals surface area (Å²) < 4.78 is 3.91. The Labute approximate surface area is 112 Å². The van der Waals surface area contributed by atoms with Gasteiger partial charge in [-0.3, -0.25) is 9.48 Å². The van der Waals surface area contributed by atoms with E-state index in [9.17, 15) is 4.79 Å². The van der Waals surface area contributed by atoms with Crippen molar-refractivity contribution in [1.29, 1.82) is 0 Å². The molecule has 1 amide bonds. The zero-order valence-corrected chi connectivity index (χ0v) is 11.1. The molecule has 0 atom stereocenters. The number of hydrogen-bond donors (Lipinski definition) is 0. The largest absolute Gasteiger partial charge is 0.351 e. The van der Waals surface area contributed by atoms with Gasteiger partial charge in [0.2, 0.25) is 0 Å². The lowest BCUT2D eigenvalue weighted by Gasteiger charge is -2.32. The molecule has 0 saturated carbocycles. The summed E-state index contributed by atoms with van der Waals surface area (Å²) in [7, 11) is 1.83. The zero-order chi connectivity index (χ0) is 13.2. The summed E-state index contributed by atoms with van der Waals surface area (Å²) in [5, 5.41) is 4.05. The first-order chi connectivity index (χ1) is 9.24. The molecule has 5 nitrogen and oxygen atoms in total. The predicted octanol–water partition coefficient (Wildman–Crippen LogP) is 1.70. The van der Waals surface area contributed by atoms with E-state index in [2.05, 4.69) is 22.1 Å². The van der Waals surface area contributed by atoms with Gasteiger partial charge in [-0.05, 0) is 25.0 Å². The van der Waals surface area contributed by atoms with Crippen LogP contribution in [0.5, 0.6) is 0 Å². The predicted molar refractivity (Wildman–Crippen MR) is 71.8 cm³/mol. The molecule has 0 unspecified atom stereocenters. The van der Waals surface area contributed by atoms with Gasteiger partial charge in [-0.2, -0.15) is 5.10 Å². The maximum atomic E-state index is 12.3. The summed E-state index contributed by atoms with van der Waals surface area (Å²) in [6.45, 7) is 1.63. The molecule has 0 aliphatic carbocycles. The van der Waals surface area contributed by atoms with E-state index in [1.165, 1.54) is 0 Å². The van der Waals surface area contributed by atoms with Crippen LogP contribution in [-0.2, 0) is 7.05 Å². The molecule has 1 aliphatic heterocycles. The van der Waals surface area contributed by atoms with Gasteiger partial charge in [-0.25, -0.2) is 0 Å². The van der Waals surface area contributed by atoms with E-state index in [0.29, 0.717) is 11.6 Å². The molecular weight excluding hydrogens is 240 g/mol. The van der Waals surface area contributed by atoms with Crippen molar-refractivity contribution in [2.75, 3.05) is 13.1 Å². The first kappa shape index (κ1) is 12.0. The number of aryl methyl sites for hydroxylation is 1. The number of likely N-dealkylation sites (tertiary alicyclic amines) is 1. The third-order valence-electron chi connectivity index (χ3n) is 3.75. The fraction of sp³-hybridized carbons (Fsp3) is 0.429. The van der Waals surface area contributed by atoms with E-state index in [1.54, 1.807) is 17.1 Å². The molecule has 0 N–H and O–H groups in total. The second kappa shape index (κ2) is 4.91. The maximum Gasteiger partial charge on any atom is 0.257 e. The second-order valence-electron chi connectivity index (χ2n) is 5.06. The quantitative estimate of drug-likeness (QED) is 0.823. The standard InChI is InChI=1S/C14H18N4O/c1-16-11-12(10-15-16)14(19)18-8-4-13(5-9-18)17-6-2-3-7-17/h2-3,6-7,10-11,13H,4-5,8-9H2,1H3. The Hall–Kier alpha value is -2.04. The van der Waals surface area contributed by atoms with E-state index < -0.39 is 0 Å². The Balaban J connectivity index is 1.62. The Kier molecular flexibility index (Phi) is 3.11. The molecular formula is C14H18N4O. The van der Waals surface area contributed by atoms with E-state index in [1.807, 2.05) is 24.1 Å². The van der Waals surface area contributed by atoms with Gasteiger partial charge < -0.3 is 9.47 Å². The normalized spacial score (nSPS) is 16.8. The fourth-order valence-electron chi connectivity index (χ4n) is 2.67. The molecule has 0 aromatic carbocycles. The molecule has 1 saturated heterocycles. The highest BCUT2D eigenvalue weighted by molar-refractivity contribution is 5.93. The summed E-state index contributed by atoms with van der Waals surface area (Å²) >= 11 is 0. The third kappa shape index (κ3) is 2.41. The average molecular weight is 258 g/mol. The Bertz CT molecular complexity index is 550. The highest BCUT2D eigenvalue weighted by Crippen LogP contribution is 2.23. The van der Waals surface area contributed by atoms with Gasteiger partial charge in [-0.1, -0.05) is 0 Å². The van der Waals surface area contributed by atoms with E-state index in [0.717, 1.165) is 25.9 Å². The molecule has 0 radical (unpaired) electrons. The SMILES string of the molecule is Cn1cc(C(=O)N2CCC(n3cccc3)CC2)cn1. The van der Waals surface area contributed by atoms with Crippen LogP contribution in [0.2, 0.25) is 0 Å². The van der Waals surface area contributed by atoms with E-state index >= 15 is 0 Å². The van der Waals surface area contributed by atoms with Crippen LogP contribution in [0.3, 0.4) is 0 Å². The first-order valence-electron chi connectivity index (χ1n) is 6.64. The molecule has 3 heterocycles. The van der Waals surface area contributed by atoms with Crippen molar-refractivity contribution >= 4 is 5.91 Å². The second-order valence-corrected chi connectivity index (χ2v) is 5.06. The molecule has 3 rings (SSSR count). The number of piperidine rings is 1. The van der Waals surface area contributed by atoms with Crippen LogP contribution in [0.1, 0.15) is 29.2 Å². The van der Waals surface area contributed by atoms with Crippen LogP contribution in [0.15, 0.2) is 36.9 Å². The van der Waals surface area contributed by atoms with Crippen molar-refractivity contribution < 1.29 is 4.79 Å². The molecule has 5 heteroatoms. The number of aromatic nitrogens is 3. The molecule has 0 bridgehead atoms. The van der Waals surface area contributed by atoms with Crippen LogP contribution in [-0.4, -0.2) is 38.2 Å². The van der Waals surface area contributed by atoms with Gasteiger partial charge in [0.05, 0.1) is 11.8 Å². The lowest BCUT2D eigenvalue weighted by Crippen LogP contribution is -2.38. The summed E-state index contributed by atoms with van der Waals surface area (Å²) in [6, 6.07) is 4.62. The molecule has 1 fully saturated rings. The van der Waals surface area contributed by atoms with Crippen LogP contribution < -0.4 is 0 Å². The fourth-order valence-corrected chi connectivity index (χ4v) is 2.67. The number of nitrogens with zero attached hydrogens (tertiary/aromatic N) is 4. The van der Waals surface area contributed by atoms with Crippen LogP contribution >= 0.6 is 0 Å². The monoisotopic (exact) mass is 258 g/mol. The molecule has 19 heavy (non-hydrogen) atoms. The van der Waals surface area contributed by atoms with Gasteiger partial charge in [-0.15, -0.1) is 0 Å². The Morgan fingerprint density at radius 2 is 1.95 bits per heavy atom. The number of carbonyl (C=O) groups excluding carboxylic acids is 1. The van der Waals surface area contributed by atoms with Crippen LogP contribution in [0, 0.1) is 0 Å². The number of carbonyl (C=O) groups is 1. The van der Waals surface area contributed by atoms with Gasteiger partial charge in [0, 0.05) is 44.8 Å². The summed E-state index contributed by atoms with van der Waals surface area (Å²) in [4.78, 5) is 14.2. The lowest BCUT2D eigenvalue weighted by atomic mass is 10.0. The summed E-state index contributed by atoms with van der Waals surface area (Å²) in [5.41, 5.74) is 0.682. The molecule has 100 valence electrons. The van der Waals surface area contributed by atoms with Gasteiger partial charge >= 0.3 is 0 Å².